The van der Waals surface area contributed by atoms with Gasteiger partial charge in [0, 0.05) is 10.9 Å². The number of hydrogen-bond acceptors (Lipinski definition) is 8. The van der Waals surface area contributed by atoms with Gasteiger partial charge < -0.3 is 15.8 Å². The average Bonchev–Trinajstić information content (AvgIpc) is 3.34. The summed E-state index contributed by atoms with van der Waals surface area (Å²) in [4.78, 5) is 40.8. The molecule has 0 saturated heterocycles. The molecule has 0 aliphatic heterocycles. The monoisotopic (exact) mass is 421 g/mol. The molecule has 0 bridgehead atoms. The second kappa shape index (κ2) is 7.99. The van der Waals surface area contributed by atoms with E-state index in [0.29, 0.717) is 15.6 Å². The van der Waals surface area contributed by atoms with E-state index in [4.69, 9.17) is 10.5 Å². The lowest BCUT2D eigenvalue weighted by Gasteiger charge is -2.12. The molecule has 2 amide bonds. The fourth-order valence-corrected chi connectivity index (χ4v) is 4.63. The highest BCUT2D eigenvalue weighted by Gasteiger charge is 2.24. The van der Waals surface area contributed by atoms with Crippen molar-refractivity contribution in [2.45, 2.75) is 20.0 Å². The molecule has 3 N–H and O–H groups in total. The second-order valence-electron chi connectivity index (χ2n) is 5.51. The van der Waals surface area contributed by atoms with Crippen LogP contribution in [0.5, 0.6) is 0 Å². The summed E-state index contributed by atoms with van der Waals surface area (Å²) in [6, 6.07) is 3.44. The molecule has 0 aromatic carbocycles. The first-order valence-electron chi connectivity index (χ1n) is 7.76. The van der Waals surface area contributed by atoms with Crippen LogP contribution in [0.15, 0.2) is 28.3 Å². The minimum absolute atomic E-state index is 0.214. The number of amides is 2. The van der Waals surface area contributed by atoms with Gasteiger partial charge in [0.15, 0.2) is 6.10 Å². The molecule has 0 fully saturated rings. The van der Waals surface area contributed by atoms with Crippen LogP contribution >= 0.6 is 34.0 Å². The molecule has 3 rings (SSSR count). The number of primary amides is 1. The molecule has 0 aliphatic carbocycles. The first-order valence-corrected chi connectivity index (χ1v) is 10.4. The highest BCUT2D eigenvalue weighted by Crippen LogP contribution is 2.30. The van der Waals surface area contributed by atoms with Crippen molar-refractivity contribution in [3.63, 3.8) is 0 Å². The summed E-state index contributed by atoms with van der Waals surface area (Å²) in [7, 11) is 0. The SMILES string of the molecule is Cc1nc(-c2ccsc2)sc1C(=O)O[C@@H](C)C(=O)Nc1sccc1C(N)=O. The van der Waals surface area contributed by atoms with E-state index < -0.39 is 23.9 Å². The third kappa shape index (κ3) is 4.24. The Morgan fingerprint density at radius 2 is 2.04 bits per heavy atom. The van der Waals surface area contributed by atoms with Crippen molar-refractivity contribution in [3.05, 3.63) is 44.4 Å². The summed E-state index contributed by atoms with van der Waals surface area (Å²) < 4.78 is 5.27. The number of thiophene rings is 2. The zero-order valence-corrected chi connectivity index (χ0v) is 16.8. The highest BCUT2D eigenvalue weighted by atomic mass is 32.1. The minimum atomic E-state index is -1.05. The zero-order valence-electron chi connectivity index (χ0n) is 14.3. The number of carbonyl (C=O) groups excluding carboxylic acids is 3. The molecular weight excluding hydrogens is 406 g/mol. The molecule has 0 radical (unpaired) electrons. The molecule has 0 spiro atoms. The number of carbonyl (C=O) groups is 3. The van der Waals surface area contributed by atoms with Gasteiger partial charge in [-0.05, 0) is 36.7 Å². The van der Waals surface area contributed by atoms with Crippen molar-refractivity contribution < 1.29 is 19.1 Å². The molecule has 0 aliphatic rings. The minimum Gasteiger partial charge on any atom is -0.448 e. The van der Waals surface area contributed by atoms with Gasteiger partial charge in [-0.3, -0.25) is 9.59 Å². The number of nitrogens with zero attached hydrogens (tertiary/aromatic N) is 1. The molecule has 140 valence electrons. The van der Waals surface area contributed by atoms with E-state index in [1.165, 1.54) is 24.3 Å². The van der Waals surface area contributed by atoms with Gasteiger partial charge in [-0.1, -0.05) is 0 Å². The van der Waals surface area contributed by atoms with Gasteiger partial charge >= 0.3 is 5.97 Å². The van der Waals surface area contributed by atoms with Crippen LogP contribution in [-0.2, 0) is 9.53 Å². The van der Waals surface area contributed by atoms with Crippen molar-refractivity contribution in [2.24, 2.45) is 5.73 Å². The van der Waals surface area contributed by atoms with E-state index in [0.717, 1.165) is 21.9 Å². The molecule has 0 unspecified atom stereocenters. The van der Waals surface area contributed by atoms with Crippen LogP contribution in [0.2, 0.25) is 0 Å². The maximum Gasteiger partial charge on any atom is 0.351 e. The Morgan fingerprint density at radius 3 is 2.70 bits per heavy atom. The molecule has 27 heavy (non-hydrogen) atoms. The number of nitrogens with two attached hydrogens (primary N) is 1. The fourth-order valence-electron chi connectivity index (χ4n) is 2.18. The molecular formula is C17H15N3O4S3. The molecule has 1 atom stereocenters. The largest absolute Gasteiger partial charge is 0.448 e. The molecule has 3 heterocycles. The first-order chi connectivity index (χ1) is 12.9. The van der Waals surface area contributed by atoms with Gasteiger partial charge in [0.2, 0.25) is 0 Å². The van der Waals surface area contributed by atoms with Crippen molar-refractivity contribution in [1.29, 1.82) is 0 Å². The summed E-state index contributed by atoms with van der Waals surface area (Å²) in [6.07, 6.45) is -1.05. The number of anilines is 1. The van der Waals surface area contributed by atoms with E-state index in [1.807, 2.05) is 16.8 Å². The molecule has 3 aromatic heterocycles. The Morgan fingerprint density at radius 1 is 1.26 bits per heavy atom. The maximum atomic E-state index is 12.4. The quantitative estimate of drug-likeness (QED) is 0.592. The molecule has 7 nitrogen and oxygen atoms in total. The van der Waals surface area contributed by atoms with Crippen LogP contribution in [0.25, 0.3) is 10.6 Å². The van der Waals surface area contributed by atoms with Crippen LogP contribution in [-0.4, -0.2) is 28.9 Å². The summed E-state index contributed by atoms with van der Waals surface area (Å²) in [5, 5.41) is 9.12. The van der Waals surface area contributed by atoms with E-state index >= 15 is 0 Å². The number of aryl methyl sites for hydroxylation is 1. The molecule has 0 saturated carbocycles. The summed E-state index contributed by atoms with van der Waals surface area (Å²) >= 11 is 3.93. The van der Waals surface area contributed by atoms with Crippen LogP contribution < -0.4 is 11.1 Å². The second-order valence-corrected chi connectivity index (χ2v) is 8.21. The van der Waals surface area contributed by atoms with Crippen LogP contribution in [0.1, 0.15) is 32.6 Å². The van der Waals surface area contributed by atoms with Gasteiger partial charge in [0.1, 0.15) is 14.9 Å². The normalized spacial score (nSPS) is 11.8. The molecule has 3 aromatic rings. The highest BCUT2D eigenvalue weighted by molar-refractivity contribution is 7.17. The van der Waals surface area contributed by atoms with E-state index in [2.05, 4.69) is 10.3 Å². The third-order valence-electron chi connectivity index (χ3n) is 3.57. The van der Waals surface area contributed by atoms with Crippen molar-refractivity contribution in [3.8, 4) is 10.6 Å². The number of nitrogens with one attached hydrogen (secondary N) is 1. The summed E-state index contributed by atoms with van der Waals surface area (Å²) in [5.74, 6) is -1.80. The predicted molar refractivity (Wildman–Crippen MR) is 107 cm³/mol. The van der Waals surface area contributed by atoms with Crippen molar-refractivity contribution in [2.75, 3.05) is 5.32 Å². The smallest absolute Gasteiger partial charge is 0.351 e. The number of aromatic nitrogens is 1. The number of ether oxygens (including phenoxy) is 1. The Labute approximate surface area is 166 Å². The number of hydrogen-bond donors (Lipinski definition) is 2. The van der Waals surface area contributed by atoms with Gasteiger partial charge in [-0.15, -0.1) is 22.7 Å². The van der Waals surface area contributed by atoms with Crippen molar-refractivity contribution in [1.82, 2.24) is 4.98 Å². The van der Waals surface area contributed by atoms with Gasteiger partial charge in [-0.25, -0.2) is 9.78 Å². The first kappa shape index (κ1) is 19.2. The number of rotatable bonds is 6. The lowest BCUT2D eigenvalue weighted by Crippen LogP contribution is -2.30. The third-order valence-corrected chi connectivity index (χ3v) is 6.27. The predicted octanol–water partition coefficient (Wildman–Crippen LogP) is 3.52. The van der Waals surface area contributed by atoms with Gasteiger partial charge in [0.05, 0.1) is 11.3 Å². The number of thiazole rings is 1. The van der Waals surface area contributed by atoms with Crippen LogP contribution in [0.3, 0.4) is 0 Å². The van der Waals surface area contributed by atoms with E-state index in [-0.39, 0.29) is 5.56 Å². The van der Waals surface area contributed by atoms with E-state index in [1.54, 1.807) is 23.6 Å². The maximum absolute atomic E-state index is 12.4. The Bertz CT molecular complexity index is 991. The van der Waals surface area contributed by atoms with E-state index in [9.17, 15) is 14.4 Å². The Kier molecular flexibility index (Phi) is 5.68. The Balaban J connectivity index is 1.67. The van der Waals surface area contributed by atoms with Gasteiger partial charge in [0.25, 0.3) is 11.8 Å². The zero-order chi connectivity index (χ0) is 19.6. The topological polar surface area (TPSA) is 111 Å². The fraction of sp³-hybridized carbons (Fsp3) is 0.176. The Hall–Kier alpha value is -2.56. The molecule has 10 heteroatoms. The van der Waals surface area contributed by atoms with Crippen LogP contribution in [0, 0.1) is 6.92 Å². The average molecular weight is 422 g/mol. The standard InChI is InChI=1S/C17H15N3O4S3/c1-8-12(27-15(19-8)10-3-5-25-7-10)17(23)24-9(2)14(22)20-16-11(13(18)21)4-6-26-16/h3-7,9H,1-2H3,(H2,18,21)(H,20,22)/t9-/m0/s1. The van der Waals surface area contributed by atoms with Crippen molar-refractivity contribution >= 4 is 56.8 Å². The van der Waals surface area contributed by atoms with Gasteiger partial charge in [-0.2, -0.15) is 11.3 Å². The summed E-state index contributed by atoms with van der Waals surface area (Å²) in [5.41, 5.74) is 6.96. The lowest BCUT2D eigenvalue weighted by molar-refractivity contribution is -0.123. The number of esters is 1. The lowest BCUT2D eigenvalue weighted by atomic mass is 10.3. The van der Waals surface area contributed by atoms with Crippen LogP contribution in [0.4, 0.5) is 5.00 Å². The summed E-state index contributed by atoms with van der Waals surface area (Å²) in [6.45, 7) is 3.18.